The van der Waals surface area contributed by atoms with Crippen LogP contribution in [0.15, 0.2) is 6.07 Å². The van der Waals surface area contributed by atoms with Crippen molar-refractivity contribution in [2.75, 3.05) is 24.7 Å². The number of fused-ring (bicyclic) bond motifs is 1. The van der Waals surface area contributed by atoms with Gasteiger partial charge in [0.15, 0.2) is 0 Å². The number of hydrogen-bond acceptors (Lipinski definition) is 6. The van der Waals surface area contributed by atoms with Crippen LogP contribution in [0.25, 0.3) is 5.78 Å². The van der Waals surface area contributed by atoms with E-state index >= 15 is 0 Å². The zero-order chi connectivity index (χ0) is 18.4. The Labute approximate surface area is 142 Å². The summed E-state index contributed by atoms with van der Waals surface area (Å²) in [5, 5.41) is 6.56. The Morgan fingerprint density at radius 1 is 1.32 bits per heavy atom. The molecule has 0 aliphatic carbocycles. The smallest absolute Gasteiger partial charge is 0.366 e. The summed E-state index contributed by atoms with van der Waals surface area (Å²) in [5.74, 6) is -1.13. The van der Waals surface area contributed by atoms with Crippen LogP contribution >= 0.6 is 0 Å². The molecule has 0 amide bonds. The van der Waals surface area contributed by atoms with Gasteiger partial charge >= 0.3 is 6.18 Å². The van der Waals surface area contributed by atoms with Crippen molar-refractivity contribution in [2.24, 2.45) is 0 Å². The van der Waals surface area contributed by atoms with Gasteiger partial charge in [-0.3, -0.25) is 0 Å². The topological polar surface area (TPSA) is 92.5 Å². The van der Waals surface area contributed by atoms with Gasteiger partial charge in [0.05, 0.1) is 6.26 Å². The van der Waals surface area contributed by atoms with E-state index in [9.17, 15) is 21.6 Å². The summed E-state index contributed by atoms with van der Waals surface area (Å²) in [6.45, 7) is 2.31. The van der Waals surface area contributed by atoms with Gasteiger partial charge in [-0.1, -0.05) is 0 Å². The van der Waals surface area contributed by atoms with Crippen LogP contribution in [0.2, 0.25) is 0 Å². The lowest BCUT2D eigenvalue weighted by atomic mass is 10.1. The number of aromatic nitrogens is 4. The maximum atomic E-state index is 12.8. The molecule has 3 rings (SSSR count). The Kier molecular flexibility index (Phi) is 4.35. The molecule has 1 aliphatic heterocycles. The van der Waals surface area contributed by atoms with Gasteiger partial charge in [0.2, 0.25) is 10.0 Å². The third-order valence-corrected chi connectivity index (χ3v) is 5.17. The van der Waals surface area contributed by atoms with Crippen molar-refractivity contribution >= 4 is 21.6 Å². The van der Waals surface area contributed by atoms with Crippen LogP contribution in [0.4, 0.5) is 19.0 Å². The Morgan fingerprint density at radius 2 is 2.04 bits per heavy atom. The largest absolute Gasteiger partial charge is 0.453 e. The minimum absolute atomic E-state index is 0.161. The molecule has 1 N–H and O–H groups in total. The van der Waals surface area contributed by atoms with Crippen LogP contribution in [0.5, 0.6) is 0 Å². The lowest BCUT2D eigenvalue weighted by Gasteiger charge is -2.31. The number of piperidine rings is 1. The average Bonchev–Trinajstić information content (AvgIpc) is 2.91. The first-order chi connectivity index (χ1) is 11.5. The van der Waals surface area contributed by atoms with E-state index in [0.717, 1.165) is 10.8 Å². The Balaban J connectivity index is 1.92. The van der Waals surface area contributed by atoms with Gasteiger partial charge in [0.1, 0.15) is 5.82 Å². The molecule has 0 spiro atoms. The van der Waals surface area contributed by atoms with Crippen LogP contribution < -0.4 is 5.32 Å². The molecule has 2 aromatic heterocycles. The third kappa shape index (κ3) is 3.84. The van der Waals surface area contributed by atoms with Crippen molar-refractivity contribution < 1.29 is 21.6 Å². The molecule has 0 bridgehead atoms. The zero-order valence-corrected chi connectivity index (χ0v) is 14.4. The maximum Gasteiger partial charge on any atom is 0.453 e. The lowest BCUT2D eigenvalue weighted by molar-refractivity contribution is -0.144. The maximum absolute atomic E-state index is 12.8. The second kappa shape index (κ2) is 6.09. The predicted octanol–water partition coefficient (Wildman–Crippen LogP) is 1.29. The summed E-state index contributed by atoms with van der Waals surface area (Å²) in [7, 11) is -3.32. The molecule has 25 heavy (non-hydrogen) atoms. The molecule has 1 atom stereocenters. The molecular formula is C13H17F3N6O2S. The van der Waals surface area contributed by atoms with Gasteiger partial charge < -0.3 is 5.32 Å². The van der Waals surface area contributed by atoms with Crippen molar-refractivity contribution in [3.05, 3.63) is 17.6 Å². The Morgan fingerprint density at radius 3 is 2.68 bits per heavy atom. The van der Waals surface area contributed by atoms with Crippen molar-refractivity contribution in [3.8, 4) is 0 Å². The number of sulfonamides is 1. The van der Waals surface area contributed by atoms with E-state index in [0.29, 0.717) is 30.9 Å². The second-order valence-electron chi connectivity index (χ2n) is 6.03. The van der Waals surface area contributed by atoms with Crippen LogP contribution in [0.1, 0.15) is 24.4 Å². The van der Waals surface area contributed by atoms with Gasteiger partial charge in [-0.25, -0.2) is 17.7 Å². The Hall–Kier alpha value is -1.95. The van der Waals surface area contributed by atoms with E-state index in [4.69, 9.17) is 0 Å². The third-order valence-electron chi connectivity index (χ3n) is 3.90. The normalized spacial score (nSPS) is 20.1. The van der Waals surface area contributed by atoms with E-state index in [1.54, 1.807) is 13.0 Å². The predicted molar refractivity (Wildman–Crippen MR) is 83.6 cm³/mol. The molecule has 138 valence electrons. The fourth-order valence-electron chi connectivity index (χ4n) is 2.78. The fourth-order valence-corrected chi connectivity index (χ4v) is 3.69. The molecule has 0 aromatic carbocycles. The highest BCUT2D eigenvalue weighted by Crippen LogP contribution is 2.27. The lowest BCUT2D eigenvalue weighted by Crippen LogP contribution is -2.44. The highest BCUT2D eigenvalue weighted by atomic mass is 32.2. The van der Waals surface area contributed by atoms with Crippen molar-refractivity contribution in [1.82, 2.24) is 23.9 Å². The summed E-state index contributed by atoms with van der Waals surface area (Å²) >= 11 is 0. The van der Waals surface area contributed by atoms with Crippen LogP contribution in [0, 0.1) is 6.92 Å². The second-order valence-corrected chi connectivity index (χ2v) is 8.01. The number of hydrogen-bond donors (Lipinski definition) is 1. The zero-order valence-electron chi connectivity index (χ0n) is 13.6. The molecule has 12 heteroatoms. The average molecular weight is 378 g/mol. The molecule has 1 saturated heterocycles. The molecule has 3 heterocycles. The molecule has 8 nitrogen and oxygen atoms in total. The van der Waals surface area contributed by atoms with Gasteiger partial charge in [0, 0.05) is 30.9 Å². The number of halogens is 3. The van der Waals surface area contributed by atoms with Crippen molar-refractivity contribution in [2.45, 2.75) is 32.0 Å². The molecule has 1 fully saturated rings. The van der Waals surface area contributed by atoms with E-state index in [2.05, 4.69) is 20.4 Å². The van der Waals surface area contributed by atoms with Gasteiger partial charge in [0.25, 0.3) is 11.6 Å². The highest BCUT2D eigenvalue weighted by molar-refractivity contribution is 7.88. The van der Waals surface area contributed by atoms with E-state index in [-0.39, 0.29) is 18.4 Å². The molecule has 1 unspecified atom stereocenters. The summed E-state index contributed by atoms with van der Waals surface area (Å²) in [6, 6.07) is 1.31. The first-order valence-electron chi connectivity index (χ1n) is 7.57. The number of aryl methyl sites for hydroxylation is 1. The van der Waals surface area contributed by atoms with Crippen LogP contribution in [-0.4, -0.2) is 57.7 Å². The van der Waals surface area contributed by atoms with Gasteiger partial charge in [-0.15, -0.1) is 5.10 Å². The minimum Gasteiger partial charge on any atom is -0.366 e. The SMILES string of the molecule is Cc1cc(NC2CCCN(S(C)(=O)=O)C2)n2nc(C(F)(F)F)nc2n1. The number of alkyl halides is 3. The fraction of sp³-hybridized carbons (Fsp3) is 0.615. The molecule has 0 saturated carbocycles. The first kappa shape index (κ1) is 17.9. The van der Waals surface area contributed by atoms with Gasteiger partial charge in [-0.05, 0) is 19.8 Å². The Bertz CT molecular complexity index is 895. The molecule has 1 aliphatic rings. The van der Waals surface area contributed by atoms with E-state index in [1.165, 1.54) is 4.31 Å². The monoisotopic (exact) mass is 378 g/mol. The minimum atomic E-state index is -4.67. The summed E-state index contributed by atoms with van der Waals surface area (Å²) in [6.07, 6.45) is -2.19. The van der Waals surface area contributed by atoms with Crippen LogP contribution in [-0.2, 0) is 16.2 Å². The molecule has 0 radical (unpaired) electrons. The highest BCUT2D eigenvalue weighted by Gasteiger charge is 2.37. The number of nitrogens with one attached hydrogen (secondary N) is 1. The standard InChI is InChI=1S/C13H17F3N6O2S/c1-8-6-10(18-9-4-3-5-21(7-9)25(2,23)24)22-12(17-8)19-11(20-22)13(14,15)16/h6,9,18H,3-5,7H2,1-2H3. The number of anilines is 1. The number of nitrogens with zero attached hydrogens (tertiary/aromatic N) is 5. The van der Waals surface area contributed by atoms with E-state index < -0.39 is 22.0 Å². The van der Waals surface area contributed by atoms with Crippen molar-refractivity contribution in [3.63, 3.8) is 0 Å². The summed E-state index contributed by atoms with van der Waals surface area (Å²) < 4.78 is 64.3. The van der Waals surface area contributed by atoms with Crippen molar-refractivity contribution in [1.29, 1.82) is 0 Å². The van der Waals surface area contributed by atoms with E-state index in [1.807, 2.05) is 0 Å². The number of rotatable bonds is 3. The van der Waals surface area contributed by atoms with Gasteiger partial charge in [-0.2, -0.15) is 22.7 Å². The molecule has 2 aromatic rings. The molecular weight excluding hydrogens is 361 g/mol. The summed E-state index contributed by atoms with van der Waals surface area (Å²) in [4.78, 5) is 7.38. The first-order valence-corrected chi connectivity index (χ1v) is 9.42. The quantitative estimate of drug-likeness (QED) is 0.865. The summed E-state index contributed by atoms with van der Waals surface area (Å²) in [5.41, 5.74) is 0.479. The van der Waals surface area contributed by atoms with Crippen LogP contribution in [0.3, 0.4) is 0 Å².